The number of nitrogens with zero attached hydrogens (tertiary/aromatic N) is 1. The summed E-state index contributed by atoms with van der Waals surface area (Å²) in [7, 11) is 0. The van der Waals surface area contributed by atoms with Crippen LogP contribution in [0.1, 0.15) is 6.42 Å². The molecule has 0 radical (unpaired) electrons. The van der Waals surface area contributed by atoms with Crippen LogP contribution in [0.2, 0.25) is 0 Å². The number of carbonyl (C=O) groups is 2. The molecule has 124 valence electrons. The molecule has 11 heteroatoms. The van der Waals surface area contributed by atoms with Gasteiger partial charge in [-0.1, -0.05) is 0 Å². The predicted octanol–water partition coefficient (Wildman–Crippen LogP) is 0.529. The summed E-state index contributed by atoms with van der Waals surface area (Å²) in [6.45, 7) is -3.85. The highest BCUT2D eigenvalue weighted by Gasteiger charge is 2.41. The van der Waals surface area contributed by atoms with Gasteiger partial charge in [-0.3, -0.25) is 9.59 Å². The smallest absolute Gasteiger partial charge is 0.350 e. The molecule has 1 rings (SSSR count). The van der Waals surface area contributed by atoms with E-state index in [1.165, 1.54) is 0 Å². The fourth-order valence-corrected chi connectivity index (χ4v) is 1.75. The summed E-state index contributed by atoms with van der Waals surface area (Å²) in [5.41, 5.74) is 4.77. The van der Waals surface area contributed by atoms with Crippen LogP contribution in [0.15, 0.2) is 0 Å². The molecule has 1 aliphatic heterocycles. The molecule has 0 aromatic heterocycles. The van der Waals surface area contributed by atoms with Gasteiger partial charge < -0.3 is 16.0 Å². The lowest BCUT2D eigenvalue weighted by Gasteiger charge is -2.19. The van der Waals surface area contributed by atoms with Gasteiger partial charge >= 0.3 is 6.18 Å². The number of rotatable bonds is 5. The molecule has 1 heterocycles. The zero-order chi connectivity index (χ0) is 15.6. The fourth-order valence-electron chi connectivity index (χ4n) is 1.75. The zero-order valence-corrected chi connectivity index (χ0v) is 11.6. The third-order valence-corrected chi connectivity index (χ3v) is 2.78. The number of hydrogen-bond acceptors (Lipinski definition) is 3. The molecule has 0 bridgehead atoms. The molecule has 0 spiro atoms. The fraction of sp³-hybridized carbons (Fsp3) is 0.800. The quantitative estimate of drug-likeness (QED) is 0.717. The van der Waals surface area contributed by atoms with Crippen molar-refractivity contribution in [3.05, 3.63) is 0 Å². The van der Waals surface area contributed by atoms with Crippen LogP contribution in [-0.4, -0.2) is 55.0 Å². The van der Waals surface area contributed by atoms with Crippen molar-refractivity contribution < 1.29 is 31.5 Å². The Morgan fingerprint density at radius 2 is 1.90 bits per heavy atom. The first-order chi connectivity index (χ1) is 9.04. The van der Waals surface area contributed by atoms with Gasteiger partial charge in [-0.2, -0.15) is 13.2 Å². The predicted molar refractivity (Wildman–Crippen MR) is 65.0 cm³/mol. The molecule has 1 unspecified atom stereocenters. The number of nitrogens with one attached hydrogen (secondary N) is 1. The monoisotopic (exact) mass is 339 g/mol. The lowest BCUT2D eigenvalue weighted by molar-refractivity contribution is -0.157. The summed E-state index contributed by atoms with van der Waals surface area (Å²) in [6, 6.07) is 0. The summed E-state index contributed by atoms with van der Waals surface area (Å²) in [6.07, 6.45) is -4.98. The molecule has 5 nitrogen and oxygen atoms in total. The van der Waals surface area contributed by atoms with Gasteiger partial charge in [0.15, 0.2) is 0 Å². The van der Waals surface area contributed by atoms with E-state index in [-0.39, 0.29) is 12.4 Å². The number of halogens is 6. The van der Waals surface area contributed by atoms with Gasteiger partial charge in [0, 0.05) is 13.0 Å². The second kappa shape index (κ2) is 7.21. The first-order valence-electron chi connectivity index (χ1n) is 5.74. The standard InChI is InChI=1S/C10H14F5N3O2.ClH/c11-9(12,3-16)4-17-8(20)6-1-7(19)18(2-6)5-10(13,14)15;/h6H,1-5,16H2,(H,17,20);1H. The minimum absolute atomic E-state index is 0. The van der Waals surface area contributed by atoms with E-state index in [0.717, 1.165) is 0 Å². The van der Waals surface area contributed by atoms with E-state index in [1.54, 1.807) is 0 Å². The van der Waals surface area contributed by atoms with Crippen LogP contribution in [0.5, 0.6) is 0 Å². The van der Waals surface area contributed by atoms with Gasteiger partial charge in [-0.15, -0.1) is 12.4 Å². The number of nitrogens with two attached hydrogens (primary N) is 1. The maximum absolute atomic E-state index is 12.8. The highest BCUT2D eigenvalue weighted by molar-refractivity contribution is 5.89. The maximum Gasteiger partial charge on any atom is 0.406 e. The topological polar surface area (TPSA) is 75.4 Å². The lowest BCUT2D eigenvalue weighted by atomic mass is 10.1. The molecule has 0 aromatic carbocycles. The number of likely N-dealkylation sites (tertiary alicyclic amines) is 1. The van der Waals surface area contributed by atoms with Crippen LogP contribution >= 0.6 is 12.4 Å². The molecular formula is C10H15ClF5N3O2. The molecule has 1 aliphatic rings. The summed E-state index contributed by atoms with van der Waals surface area (Å²) < 4.78 is 62.1. The third kappa shape index (κ3) is 6.42. The van der Waals surface area contributed by atoms with Crippen LogP contribution in [-0.2, 0) is 9.59 Å². The second-order valence-electron chi connectivity index (χ2n) is 4.57. The van der Waals surface area contributed by atoms with Crippen LogP contribution in [0.4, 0.5) is 22.0 Å². The highest BCUT2D eigenvalue weighted by atomic mass is 35.5. The maximum atomic E-state index is 12.8. The Morgan fingerprint density at radius 3 is 2.38 bits per heavy atom. The number of hydrogen-bond donors (Lipinski definition) is 2. The van der Waals surface area contributed by atoms with Gasteiger partial charge in [0.05, 0.1) is 19.0 Å². The molecular weight excluding hydrogens is 325 g/mol. The van der Waals surface area contributed by atoms with Crippen molar-refractivity contribution in [2.75, 3.05) is 26.2 Å². The average molecular weight is 340 g/mol. The summed E-state index contributed by atoms with van der Waals surface area (Å²) in [5.74, 6) is -6.05. The van der Waals surface area contributed by atoms with E-state index < -0.39 is 62.4 Å². The Bertz CT molecular complexity index is 391. The zero-order valence-electron chi connectivity index (χ0n) is 10.8. The van der Waals surface area contributed by atoms with Crippen molar-refractivity contribution in [3.8, 4) is 0 Å². The Morgan fingerprint density at radius 1 is 1.33 bits per heavy atom. The molecule has 21 heavy (non-hydrogen) atoms. The minimum atomic E-state index is -4.56. The van der Waals surface area contributed by atoms with Crippen LogP contribution in [0.25, 0.3) is 0 Å². The Balaban J connectivity index is 0.00000400. The van der Waals surface area contributed by atoms with Gasteiger partial charge in [-0.05, 0) is 0 Å². The first kappa shape index (κ1) is 19.8. The largest absolute Gasteiger partial charge is 0.406 e. The van der Waals surface area contributed by atoms with Crippen molar-refractivity contribution in [3.63, 3.8) is 0 Å². The normalized spacial score (nSPS) is 19.4. The molecule has 2 amide bonds. The van der Waals surface area contributed by atoms with E-state index in [4.69, 9.17) is 5.73 Å². The number of alkyl halides is 5. The van der Waals surface area contributed by atoms with Crippen molar-refractivity contribution in [2.24, 2.45) is 11.7 Å². The van der Waals surface area contributed by atoms with Crippen LogP contribution in [0, 0.1) is 5.92 Å². The molecule has 0 saturated carbocycles. The van der Waals surface area contributed by atoms with Crippen molar-refractivity contribution >= 4 is 24.2 Å². The van der Waals surface area contributed by atoms with Gasteiger partial charge in [0.1, 0.15) is 6.54 Å². The van der Waals surface area contributed by atoms with Gasteiger partial charge in [0.25, 0.3) is 5.92 Å². The van der Waals surface area contributed by atoms with Crippen LogP contribution < -0.4 is 11.1 Å². The Kier molecular flexibility index (Phi) is 6.81. The van der Waals surface area contributed by atoms with E-state index in [1.807, 2.05) is 5.32 Å². The van der Waals surface area contributed by atoms with E-state index in [9.17, 15) is 31.5 Å². The molecule has 1 saturated heterocycles. The minimum Gasteiger partial charge on any atom is -0.350 e. The van der Waals surface area contributed by atoms with E-state index >= 15 is 0 Å². The van der Waals surface area contributed by atoms with E-state index in [2.05, 4.69) is 0 Å². The molecule has 0 aromatic rings. The number of carbonyl (C=O) groups excluding carboxylic acids is 2. The van der Waals surface area contributed by atoms with Gasteiger partial charge in [-0.25, -0.2) is 8.78 Å². The van der Waals surface area contributed by atoms with Crippen molar-refractivity contribution in [2.45, 2.75) is 18.5 Å². The Hall–Kier alpha value is -1.16. The summed E-state index contributed by atoms with van der Waals surface area (Å²) >= 11 is 0. The highest BCUT2D eigenvalue weighted by Crippen LogP contribution is 2.24. The van der Waals surface area contributed by atoms with Crippen molar-refractivity contribution in [1.29, 1.82) is 0 Å². The average Bonchev–Trinajstić information content (AvgIpc) is 2.66. The van der Waals surface area contributed by atoms with Crippen molar-refractivity contribution in [1.82, 2.24) is 10.2 Å². The first-order valence-corrected chi connectivity index (χ1v) is 5.74. The van der Waals surface area contributed by atoms with Crippen LogP contribution in [0.3, 0.4) is 0 Å². The Labute approximate surface area is 123 Å². The molecule has 3 N–H and O–H groups in total. The van der Waals surface area contributed by atoms with E-state index in [0.29, 0.717) is 4.90 Å². The second-order valence-corrected chi connectivity index (χ2v) is 4.57. The third-order valence-electron chi connectivity index (χ3n) is 2.78. The summed E-state index contributed by atoms with van der Waals surface area (Å²) in [5, 5.41) is 1.89. The molecule has 1 atom stereocenters. The SMILES string of the molecule is Cl.NCC(F)(F)CNC(=O)C1CC(=O)N(CC(F)(F)F)C1. The molecule has 1 fully saturated rings. The van der Waals surface area contributed by atoms with Gasteiger partial charge in [0.2, 0.25) is 11.8 Å². The lowest BCUT2D eigenvalue weighted by Crippen LogP contribution is -2.44. The molecule has 0 aliphatic carbocycles. The number of amides is 2. The summed E-state index contributed by atoms with van der Waals surface area (Å²) in [4.78, 5) is 23.3.